The molecule has 1 N–H and O–H groups in total. The second-order valence-corrected chi connectivity index (χ2v) is 6.41. The van der Waals surface area contributed by atoms with Crippen LogP contribution in [-0.4, -0.2) is 5.11 Å². The summed E-state index contributed by atoms with van der Waals surface area (Å²) in [5.74, 6) is 0. The van der Waals surface area contributed by atoms with Crippen molar-refractivity contribution in [3.05, 3.63) is 71.3 Å². The third-order valence-corrected chi connectivity index (χ3v) is 4.15. The molecular formula is C19H22O2. The number of benzene rings is 2. The molecule has 1 saturated carbocycles. The van der Waals surface area contributed by atoms with Gasteiger partial charge in [-0.15, -0.1) is 0 Å². The van der Waals surface area contributed by atoms with Crippen molar-refractivity contribution >= 4 is 0 Å². The normalized spacial score (nSPS) is 16.7. The maximum atomic E-state index is 10.1. The van der Waals surface area contributed by atoms with Gasteiger partial charge in [-0.25, -0.2) is 0 Å². The number of ether oxygens (including phenoxy) is 1. The highest BCUT2D eigenvalue weighted by Gasteiger charge is 2.45. The van der Waals surface area contributed by atoms with Crippen LogP contribution in [0, 0.1) is 0 Å². The van der Waals surface area contributed by atoms with E-state index in [4.69, 9.17) is 4.74 Å². The van der Waals surface area contributed by atoms with Crippen molar-refractivity contribution in [3.63, 3.8) is 0 Å². The van der Waals surface area contributed by atoms with E-state index in [2.05, 4.69) is 30.3 Å². The highest BCUT2D eigenvalue weighted by atomic mass is 16.5. The molecule has 0 heterocycles. The van der Waals surface area contributed by atoms with Gasteiger partial charge in [0.2, 0.25) is 0 Å². The van der Waals surface area contributed by atoms with Crippen LogP contribution in [0.15, 0.2) is 54.6 Å². The lowest BCUT2D eigenvalue weighted by Crippen LogP contribution is -2.16. The summed E-state index contributed by atoms with van der Waals surface area (Å²) in [6, 6.07) is 18.5. The zero-order chi connectivity index (χ0) is 14.9. The Morgan fingerprint density at radius 2 is 1.76 bits per heavy atom. The van der Waals surface area contributed by atoms with E-state index in [9.17, 15) is 5.11 Å². The van der Waals surface area contributed by atoms with E-state index in [-0.39, 0.29) is 5.60 Å². The zero-order valence-corrected chi connectivity index (χ0v) is 12.7. The molecule has 2 nitrogen and oxygen atoms in total. The molecule has 2 aromatic carbocycles. The second-order valence-electron chi connectivity index (χ2n) is 6.41. The Kier molecular flexibility index (Phi) is 3.60. The van der Waals surface area contributed by atoms with E-state index in [1.807, 2.05) is 24.3 Å². The van der Waals surface area contributed by atoms with Gasteiger partial charge >= 0.3 is 0 Å². The minimum Gasteiger partial charge on any atom is -0.386 e. The number of rotatable bonds is 5. The smallest absolute Gasteiger partial charge is 0.0938 e. The molecular weight excluding hydrogens is 260 g/mol. The van der Waals surface area contributed by atoms with Gasteiger partial charge in [0, 0.05) is 0 Å². The lowest BCUT2D eigenvalue weighted by molar-refractivity contribution is 0.0169. The third-order valence-electron chi connectivity index (χ3n) is 4.15. The molecule has 1 aliphatic rings. The van der Waals surface area contributed by atoms with Gasteiger partial charge in [0.05, 0.1) is 17.8 Å². The Labute approximate surface area is 126 Å². The minimum atomic E-state index is -0.813. The summed E-state index contributed by atoms with van der Waals surface area (Å²) in [6.45, 7) is 4.19. The summed E-state index contributed by atoms with van der Waals surface area (Å²) < 4.78 is 6.20. The van der Waals surface area contributed by atoms with E-state index in [0.29, 0.717) is 6.61 Å². The fraction of sp³-hybridized carbons (Fsp3) is 0.368. The third kappa shape index (κ3) is 3.17. The molecule has 0 unspecified atom stereocenters. The van der Waals surface area contributed by atoms with Gasteiger partial charge in [-0.1, -0.05) is 54.6 Å². The molecule has 21 heavy (non-hydrogen) atoms. The van der Waals surface area contributed by atoms with Crippen molar-refractivity contribution in [2.75, 3.05) is 0 Å². The summed E-state index contributed by atoms with van der Waals surface area (Å²) in [7, 11) is 0. The van der Waals surface area contributed by atoms with Crippen molar-refractivity contribution in [2.45, 2.75) is 44.5 Å². The van der Waals surface area contributed by atoms with E-state index >= 15 is 0 Å². The molecule has 2 aromatic rings. The molecule has 0 radical (unpaired) electrons. The van der Waals surface area contributed by atoms with Crippen LogP contribution in [-0.2, 0) is 22.5 Å². The predicted octanol–water partition coefficient (Wildman–Crippen LogP) is 4.12. The first-order chi connectivity index (χ1) is 10.00. The molecule has 1 fully saturated rings. The minimum absolute atomic E-state index is 0.0913. The lowest BCUT2D eigenvalue weighted by atomic mass is 9.97. The zero-order valence-electron chi connectivity index (χ0n) is 12.7. The van der Waals surface area contributed by atoms with Crippen LogP contribution in [0.3, 0.4) is 0 Å². The van der Waals surface area contributed by atoms with E-state index in [1.54, 1.807) is 13.8 Å². The van der Waals surface area contributed by atoms with Gasteiger partial charge in [-0.3, -0.25) is 0 Å². The number of aliphatic hydroxyl groups is 1. The largest absolute Gasteiger partial charge is 0.386 e. The van der Waals surface area contributed by atoms with Gasteiger partial charge in [0.15, 0.2) is 0 Å². The Hall–Kier alpha value is -1.64. The Morgan fingerprint density at radius 1 is 1.05 bits per heavy atom. The Balaban J connectivity index is 1.71. The quantitative estimate of drug-likeness (QED) is 0.894. The molecule has 0 spiro atoms. The maximum absolute atomic E-state index is 10.1. The fourth-order valence-corrected chi connectivity index (χ4v) is 2.63. The first-order valence-corrected chi connectivity index (χ1v) is 7.51. The average molecular weight is 282 g/mol. The molecule has 0 aromatic heterocycles. The van der Waals surface area contributed by atoms with E-state index in [1.165, 1.54) is 5.56 Å². The molecule has 2 heteroatoms. The highest BCUT2D eigenvalue weighted by molar-refractivity contribution is 5.29. The summed E-state index contributed by atoms with van der Waals surface area (Å²) >= 11 is 0. The summed E-state index contributed by atoms with van der Waals surface area (Å²) in [4.78, 5) is 0. The topological polar surface area (TPSA) is 29.5 Å². The summed E-state index contributed by atoms with van der Waals surface area (Å²) in [6.07, 6.45) is 2.17. The Bertz CT molecular complexity index is 607. The molecule has 0 atom stereocenters. The molecule has 110 valence electrons. The SMILES string of the molecule is CC(C)(O)c1cccc(COC2(c3ccccc3)CC2)c1. The standard InChI is InChI=1S/C19H22O2/c1-18(2,20)17-10-6-7-15(13-17)14-21-19(11-12-19)16-8-4-3-5-9-16/h3-10,13,20H,11-12,14H2,1-2H3. The summed E-state index contributed by atoms with van der Waals surface area (Å²) in [5.41, 5.74) is 2.40. The van der Waals surface area contributed by atoms with Crippen LogP contribution in [0.1, 0.15) is 43.4 Å². The van der Waals surface area contributed by atoms with Crippen LogP contribution < -0.4 is 0 Å². The highest BCUT2D eigenvalue weighted by Crippen LogP contribution is 2.49. The maximum Gasteiger partial charge on any atom is 0.0938 e. The molecule has 0 bridgehead atoms. The monoisotopic (exact) mass is 282 g/mol. The molecule has 1 aliphatic carbocycles. The van der Waals surface area contributed by atoms with Crippen LogP contribution in [0.2, 0.25) is 0 Å². The molecule has 0 amide bonds. The van der Waals surface area contributed by atoms with Crippen LogP contribution in [0.4, 0.5) is 0 Å². The Morgan fingerprint density at radius 3 is 2.38 bits per heavy atom. The first-order valence-electron chi connectivity index (χ1n) is 7.51. The van der Waals surface area contributed by atoms with E-state index < -0.39 is 5.60 Å². The average Bonchev–Trinajstić information content (AvgIpc) is 3.27. The van der Waals surface area contributed by atoms with Crippen molar-refractivity contribution in [1.29, 1.82) is 0 Å². The second kappa shape index (κ2) is 5.28. The molecule has 0 aliphatic heterocycles. The van der Waals surface area contributed by atoms with Crippen molar-refractivity contribution in [1.82, 2.24) is 0 Å². The summed E-state index contributed by atoms with van der Waals surface area (Å²) in [5, 5.41) is 10.1. The van der Waals surface area contributed by atoms with Crippen LogP contribution >= 0.6 is 0 Å². The first kappa shape index (κ1) is 14.3. The van der Waals surface area contributed by atoms with E-state index in [0.717, 1.165) is 24.0 Å². The van der Waals surface area contributed by atoms with Crippen molar-refractivity contribution < 1.29 is 9.84 Å². The fourth-order valence-electron chi connectivity index (χ4n) is 2.63. The van der Waals surface area contributed by atoms with Gasteiger partial charge < -0.3 is 9.84 Å². The van der Waals surface area contributed by atoms with Gasteiger partial charge in [0.25, 0.3) is 0 Å². The molecule has 0 saturated heterocycles. The lowest BCUT2D eigenvalue weighted by Gasteiger charge is -2.20. The van der Waals surface area contributed by atoms with Crippen LogP contribution in [0.25, 0.3) is 0 Å². The number of hydrogen-bond donors (Lipinski definition) is 1. The van der Waals surface area contributed by atoms with Crippen molar-refractivity contribution in [2.24, 2.45) is 0 Å². The predicted molar refractivity (Wildman–Crippen MR) is 83.8 cm³/mol. The van der Waals surface area contributed by atoms with Gasteiger partial charge in [-0.05, 0) is 43.4 Å². The van der Waals surface area contributed by atoms with Crippen molar-refractivity contribution in [3.8, 4) is 0 Å². The molecule has 3 rings (SSSR count). The van der Waals surface area contributed by atoms with Crippen LogP contribution in [0.5, 0.6) is 0 Å². The van der Waals surface area contributed by atoms with Gasteiger partial charge in [0.1, 0.15) is 0 Å². The van der Waals surface area contributed by atoms with Gasteiger partial charge in [-0.2, -0.15) is 0 Å². The number of hydrogen-bond acceptors (Lipinski definition) is 2.